The number of hydrogen-bond acceptors (Lipinski definition) is 3. The zero-order valence-electron chi connectivity index (χ0n) is 16.2. The van der Waals surface area contributed by atoms with E-state index >= 15 is 0 Å². The monoisotopic (exact) mass is 407 g/mol. The van der Waals surface area contributed by atoms with Crippen molar-refractivity contribution < 1.29 is 14.3 Å². The first-order chi connectivity index (χ1) is 14.0. The van der Waals surface area contributed by atoms with Gasteiger partial charge in [0.2, 0.25) is 0 Å². The van der Waals surface area contributed by atoms with Gasteiger partial charge in [0.25, 0.3) is 5.91 Å². The van der Waals surface area contributed by atoms with Gasteiger partial charge in [-0.2, -0.15) is 0 Å². The Kier molecular flexibility index (Phi) is 7.04. The van der Waals surface area contributed by atoms with E-state index < -0.39 is 0 Å². The molecule has 0 saturated heterocycles. The fourth-order valence-electron chi connectivity index (χ4n) is 2.96. The molecule has 0 spiro atoms. The van der Waals surface area contributed by atoms with Crippen LogP contribution in [0.4, 0.5) is 5.69 Å². The van der Waals surface area contributed by atoms with Crippen molar-refractivity contribution in [3.8, 4) is 5.75 Å². The number of nitrogens with one attached hydrogen (secondary N) is 1. The summed E-state index contributed by atoms with van der Waals surface area (Å²) in [5.74, 6) is 0.448. The highest BCUT2D eigenvalue weighted by atomic mass is 35.5. The summed E-state index contributed by atoms with van der Waals surface area (Å²) in [4.78, 5) is 24.6. The summed E-state index contributed by atoms with van der Waals surface area (Å²) in [5.41, 5.74) is 3.18. The van der Waals surface area contributed by atoms with Crippen molar-refractivity contribution >= 4 is 29.0 Å². The van der Waals surface area contributed by atoms with Crippen LogP contribution in [0.25, 0.3) is 0 Å². The average Bonchev–Trinajstić information content (AvgIpc) is 2.74. The lowest BCUT2D eigenvalue weighted by molar-refractivity contribution is -0.118. The highest BCUT2D eigenvalue weighted by molar-refractivity contribution is 6.32. The van der Waals surface area contributed by atoms with Crippen LogP contribution in [0, 0.1) is 0 Å². The third-order valence-electron chi connectivity index (χ3n) is 4.56. The molecular weight excluding hydrogens is 386 g/mol. The van der Waals surface area contributed by atoms with Crippen LogP contribution in [0.2, 0.25) is 5.02 Å². The van der Waals surface area contributed by atoms with E-state index in [2.05, 4.69) is 5.32 Å². The summed E-state index contributed by atoms with van der Waals surface area (Å²) >= 11 is 6.07. The molecule has 0 radical (unpaired) electrons. The smallest absolute Gasteiger partial charge is 0.255 e. The SMILES string of the molecule is COc1ccc(C(=O)Nc2ccc(CC(=O)CCc3ccccc3)cc2)cc1Cl. The third-order valence-corrected chi connectivity index (χ3v) is 4.86. The Hall–Kier alpha value is -3.11. The molecule has 0 atom stereocenters. The first-order valence-corrected chi connectivity index (χ1v) is 9.72. The quantitative estimate of drug-likeness (QED) is 0.548. The molecule has 3 aromatic carbocycles. The van der Waals surface area contributed by atoms with Crippen molar-refractivity contribution in [3.63, 3.8) is 0 Å². The van der Waals surface area contributed by atoms with Crippen LogP contribution in [-0.2, 0) is 17.6 Å². The fraction of sp³-hybridized carbons (Fsp3) is 0.167. The van der Waals surface area contributed by atoms with Gasteiger partial charge in [-0.1, -0.05) is 54.1 Å². The summed E-state index contributed by atoms with van der Waals surface area (Å²) in [6.07, 6.45) is 1.65. The van der Waals surface area contributed by atoms with E-state index in [9.17, 15) is 9.59 Å². The van der Waals surface area contributed by atoms with Crippen LogP contribution in [0.15, 0.2) is 72.8 Å². The number of ketones is 1. The summed E-state index contributed by atoms with van der Waals surface area (Å²) in [5, 5.41) is 3.21. The fourth-order valence-corrected chi connectivity index (χ4v) is 3.22. The molecule has 0 aliphatic heterocycles. The van der Waals surface area contributed by atoms with E-state index in [4.69, 9.17) is 16.3 Å². The lowest BCUT2D eigenvalue weighted by Gasteiger charge is -2.08. The largest absolute Gasteiger partial charge is 0.495 e. The topological polar surface area (TPSA) is 55.4 Å². The van der Waals surface area contributed by atoms with Crippen LogP contribution in [-0.4, -0.2) is 18.8 Å². The van der Waals surface area contributed by atoms with E-state index in [-0.39, 0.29) is 11.7 Å². The van der Waals surface area contributed by atoms with Crippen LogP contribution >= 0.6 is 11.6 Å². The van der Waals surface area contributed by atoms with Gasteiger partial charge in [0.1, 0.15) is 11.5 Å². The lowest BCUT2D eigenvalue weighted by atomic mass is 10.0. The zero-order chi connectivity index (χ0) is 20.6. The van der Waals surface area contributed by atoms with E-state index in [1.807, 2.05) is 42.5 Å². The van der Waals surface area contributed by atoms with Gasteiger partial charge in [-0.3, -0.25) is 9.59 Å². The molecule has 0 heterocycles. The van der Waals surface area contributed by atoms with Gasteiger partial charge in [0, 0.05) is 24.1 Å². The summed E-state index contributed by atoms with van der Waals surface area (Å²) in [7, 11) is 1.52. The average molecular weight is 408 g/mol. The second-order valence-corrected chi connectivity index (χ2v) is 7.11. The Bertz CT molecular complexity index is 985. The van der Waals surface area contributed by atoms with Gasteiger partial charge < -0.3 is 10.1 Å². The van der Waals surface area contributed by atoms with Crippen LogP contribution in [0.3, 0.4) is 0 Å². The molecule has 5 heteroatoms. The van der Waals surface area contributed by atoms with E-state index in [0.29, 0.717) is 34.9 Å². The molecule has 1 amide bonds. The molecule has 3 rings (SSSR count). The molecule has 0 saturated carbocycles. The number of amides is 1. The Morgan fingerprint density at radius 2 is 1.66 bits per heavy atom. The summed E-state index contributed by atoms with van der Waals surface area (Å²) in [6.45, 7) is 0. The van der Waals surface area contributed by atoms with Crippen molar-refractivity contribution in [1.82, 2.24) is 0 Å². The van der Waals surface area contributed by atoms with Gasteiger partial charge in [-0.25, -0.2) is 0 Å². The number of anilines is 1. The van der Waals surface area contributed by atoms with E-state index in [0.717, 1.165) is 17.5 Å². The minimum Gasteiger partial charge on any atom is -0.495 e. The number of benzene rings is 3. The Morgan fingerprint density at radius 1 is 0.931 bits per heavy atom. The molecule has 3 aromatic rings. The number of carbonyl (C=O) groups excluding carboxylic acids is 2. The van der Waals surface area contributed by atoms with Gasteiger partial charge in [-0.15, -0.1) is 0 Å². The molecule has 0 fully saturated rings. The predicted molar refractivity (Wildman–Crippen MR) is 116 cm³/mol. The number of halogens is 1. The number of Topliss-reactive ketones (excluding diaryl/α,β-unsaturated/α-hetero) is 1. The molecule has 0 unspecified atom stereocenters. The maximum absolute atomic E-state index is 12.4. The standard InChI is InChI=1S/C24H22ClNO3/c1-29-23-14-10-19(16-22(23)25)24(28)26-20-11-7-18(8-12-20)15-21(27)13-9-17-5-3-2-4-6-17/h2-8,10-12,14,16H,9,13,15H2,1H3,(H,26,28). The molecule has 0 aliphatic rings. The molecule has 0 bridgehead atoms. The minimum atomic E-state index is -0.263. The maximum atomic E-state index is 12.4. The molecule has 0 aliphatic carbocycles. The van der Waals surface area contributed by atoms with Crippen molar-refractivity contribution in [3.05, 3.63) is 94.5 Å². The summed E-state index contributed by atoms with van der Waals surface area (Å²) in [6, 6.07) is 22.2. The number of rotatable bonds is 8. The molecule has 29 heavy (non-hydrogen) atoms. The Labute approximate surface area is 175 Å². The van der Waals surface area contributed by atoms with Gasteiger partial charge in [-0.05, 0) is 47.9 Å². The number of carbonyl (C=O) groups is 2. The Morgan fingerprint density at radius 3 is 2.31 bits per heavy atom. The maximum Gasteiger partial charge on any atom is 0.255 e. The van der Waals surface area contributed by atoms with Crippen LogP contribution < -0.4 is 10.1 Å². The van der Waals surface area contributed by atoms with E-state index in [1.54, 1.807) is 30.3 Å². The third kappa shape index (κ3) is 5.93. The molecule has 4 nitrogen and oxygen atoms in total. The molecule has 1 N–H and O–H groups in total. The first kappa shape index (κ1) is 20.6. The van der Waals surface area contributed by atoms with Gasteiger partial charge in [0.15, 0.2) is 0 Å². The molecule has 0 aromatic heterocycles. The number of methoxy groups -OCH3 is 1. The second kappa shape index (κ2) is 9.89. The Balaban J connectivity index is 1.53. The highest BCUT2D eigenvalue weighted by Crippen LogP contribution is 2.25. The highest BCUT2D eigenvalue weighted by Gasteiger charge is 2.10. The minimum absolute atomic E-state index is 0.193. The predicted octanol–water partition coefficient (Wildman–Crippen LogP) is 5.35. The second-order valence-electron chi connectivity index (χ2n) is 6.70. The molecule has 148 valence electrons. The van der Waals surface area contributed by atoms with Gasteiger partial charge >= 0.3 is 0 Å². The van der Waals surface area contributed by atoms with Crippen molar-refractivity contribution in [2.75, 3.05) is 12.4 Å². The number of aryl methyl sites for hydroxylation is 1. The van der Waals surface area contributed by atoms with Crippen molar-refractivity contribution in [2.45, 2.75) is 19.3 Å². The van der Waals surface area contributed by atoms with Crippen molar-refractivity contribution in [1.29, 1.82) is 0 Å². The van der Waals surface area contributed by atoms with Crippen LogP contribution in [0.1, 0.15) is 27.9 Å². The normalized spacial score (nSPS) is 10.4. The lowest BCUT2D eigenvalue weighted by Crippen LogP contribution is -2.12. The molecular formula is C24H22ClNO3. The van der Waals surface area contributed by atoms with Gasteiger partial charge in [0.05, 0.1) is 12.1 Å². The number of ether oxygens (including phenoxy) is 1. The van der Waals surface area contributed by atoms with Crippen LogP contribution in [0.5, 0.6) is 5.75 Å². The summed E-state index contributed by atoms with van der Waals surface area (Å²) < 4.78 is 5.09. The van der Waals surface area contributed by atoms with E-state index in [1.165, 1.54) is 7.11 Å². The first-order valence-electron chi connectivity index (χ1n) is 9.34. The van der Waals surface area contributed by atoms with Crippen molar-refractivity contribution in [2.24, 2.45) is 0 Å². The number of hydrogen-bond donors (Lipinski definition) is 1. The zero-order valence-corrected chi connectivity index (χ0v) is 16.9.